The molecule has 2 heteroatoms. The molecule has 1 aliphatic carbocycles. The van der Waals surface area contributed by atoms with Crippen LogP contribution in [0.5, 0.6) is 0 Å². The lowest BCUT2D eigenvalue weighted by Crippen LogP contribution is -2.36. The number of hydrogen-bond acceptors (Lipinski definition) is 2. The molecule has 0 aromatic heterocycles. The predicted molar refractivity (Wildman–Crippen MR) is 51.1 cm³/mol. The Balaban J connectivity index is 2.02. The van der Waals surface area contributed by atoms with Crippen molar-refractivity contribution in [3.8, 4) is 0 Å². The zero-order valence-electron chi connectivity index (χ0n) is 8.27. The highest BCUT2D eigenvalue weighted by atomic mass is 16.3. The van der Waals surface area contributed by atoms with E-state index in [9.17, 15) is 5.11 Å². The maximum absolute atomic E-state index is 9.43. The van der Waals surface area contributed by atoms with Crippen LogP contribution >= 0.6 is 0 Å². The molecule has 0 spiro atoms. The molecule has 72 valence electrons. The molecule has 2 N–H and O–H groups in total. The molecule has 0 bridgehead atoms. The molecule has 1 rings (SSSR count). The van der Waals surface area contributed by atoms with Crippen molar-refractivity contribution in [3.63, 3.8) is 0 Å². The van der Waals surface area contributed by atoms with E-state index in [0.29, 0.717) is 6.54 Å². The Morgan fingerprint density at radius 3 is 2.42 bits per heavy atom. The van der Waals surface area contributed by atoms with Crippen molar-refractivity contribution in [1.82, 2.24) is 5.32 Å². The fourth-order valence-corrected chi connectivity index (χ4v) is 1.80. The van der Waals surface area contributed by atoms with Crippen LogP contribution in [-0.4, -0.2) is 23.8 Å². The summed E-state index contributed by atoms with van der Waals surface area (Å²) in [6.45, 7) is 5.48. The first-order valence-electron chi connectivity index (χ1n) is 5.01. The molecule has 0 aromatic rings. The minimum absolute atomic E-state index is 0.557. The smallest absolute Gasteiger partial charge is 0.0715 e. The average molecular weight is 171 g/mol. The van der Waals surface area contributed by atoms with Gasteiger partial charge in [0.1, 0.15) is 0 Å². The molecule has 0 aliphatic heterocycles. The normalized spacial score (nSPS) is 20.2. The molecule has 1 aliphatic rings. The minimum atomic E-state index is -0.557. The Bertz CT molecular complexity index is 122. The fraction of sp³-hybridized carbons (Fsp3) is 1.00. The van der Waals surface area contributed by atoms with Crippen LogP contribution in [0.2, 0.25) is 0 Å². The highest BCUT2D eigenvalue weighted by molar-refractivity contribution is 4.73. The molecule has 12 heavy (non-hydrogen) atoms. The first-order valence-corrected chi connectivity index (χ1v) is 5.01. The van der Waals surface area contributed by atoms with Gasteiger partial charge in [0.05, 0.1) is 5.60 Å². The zero-order chi connectivity index (χ0) is 9.03. The van der Waals surface area contributed by atoms with Crippen molar-refractivity contribution in [3.05, 3.63) is 0 Å². The Hall–Kier alpha value is -0.0800. The first kappa shape index (κ1) is 10.0. The Morgan fingerprint density at radius 2 is 1.92 bits per heavy atom. The Labute approximate surface area is 75.4 Å². The average Bonchev–Trinajstić information content (AvgIpc) is 2.36. The van der Waals surface area contributed by atoms with Crippen LogP contribution < -0.4 is 5.32 Å². The van der Waals surface area contributed by atoms with E-state index in [1.54, 1.807) is 0 Å². The maximum atomic E-state index is 9.43. The van der Waals surface area contributed by atoms with E-state index in [4.69, 9.17) is 0 Å². The maximum Gasteiger partial charge on any atom is 0.0715 e. The zero-order valence-corrected chi connectivity index (χ0v) is 8.27. The lowest BCUT2D eigenvalue weighted by atomic mass is 10.1. The highest BCUT2D eigenvalue weighted by Crippen LogP contribution is 2.23. The van der Waals surface area contributed by atoms with E-state index in [1.807, 2.05) is 13.8 Å². The summed E-state index contributed by atoms with van der Waals surface area (Å²) in [6.07, 6.45) is 5.54. The Morgan fingerprint density at radius 1 is 1.33 bits per heavy atom. The second kappa shape index (κ2) is 4.24. The molecule has 0 amide bonds. The molecule has 1 fully saturated rings. The van der Waals surface area contributed by atoms with E-state index in [0.717, 1.165) is 12.5 Å². The first-order chi connectivity index (χ1) is 5.58. The Kier molecular flexibility index (Phi) is 3.53. The lowest BCUT2D eigenvalue weighted by molar-refractivity contribution is 0.0788. The van der Waals surface area contributed by atoms with Crippen molar-refractivity contribution in [2.45, 2.75) is 45.1 Å². The molecule has 0 aromatic carbocycles. The summed E-state index contributed by atoms with van der Waals surface area (Å²) in [6, 6.07) is 0. The van der Waals surface area contributed by atoms with Crippen LogP contribution in [0.1, 0.15) is 39.5 Å². The summed E-state index contributed by atoms with van der Waals surface area (Å²) in [5, 5.41) is 12.7. The van der Waals surface area contributed by atoms with Gasteiger partial charge in [-0.1, -0.05) is 12.8 Å². The SMILES string of the molecule is CC(C)(O)CNCC1CCCC1. The van der Waals surface area contributed by atoms with Crippen LogP contribution in [0.25, 0.3) is 0 Å². The van der Waals surface area contributed by atoms with Gasteiger partial charge < -0.3 is 10.4 Å². The third-order valence-corrected chi connectivity index (χ3v) is 2.47. The van der Waals surface area contributed by atoms with Gasteiger partial charge in [0.2, 0.25) is 0 Å². The van der Waals surface area contributed by atoms with Crippen LogP contribution in [0, 0.1) is 5.92 Å². The molecule has 0 atom stereocenters. The van der Waals surface area contributed by atoms with Gasteiger partial charge in [-0.05, 0) is 39.2 Å². The third-order valence-electron chi connectivity index (χ3n) is 2.47. The van der Waals surface area contributed by atoms with Gasteiger partial charge in [0.15, 0.2) is 0 Å². The quantitative estimate of drug-likeness (QED) is 0.672. The van der Waals surface area contributed by atoms with Crippen LogP contribution in [0.3, 0.4) is 0 Å². The van der Waals surface area contributed by atoms with E-state index in [2.05, 4.69) is 5.32 Å². The molecular formula is C10H21NO. The van der Waals surface area contributed by atoms with E-state index in [-0.39, 0.29) is 0 Å². The molecule has 0 radical (unpaired) electrons. The fourth-order valence-electron chi connectivity index (χ4n) is 1.80. The molecular weight excluding hydrogens is 150 g/mol. The molecule has 0 unspecified atom stereocenters. The van der Waals surface area contributed by atoms with E-state index >= 15 is 0 Å². The predicted octanol–water partition coefficient (Wildman–Crippen LogP) is 1.54. The minimum Gasteiger partial charge on any atom is -0.389 e. The van der Waals surface area contributed by atoms with E-state index in [1.165, 1.54) is 25.7 Å². The molecule has 2 nitrogen and oxygen atoms in total. The number of nitrogens with one attached hydrogen (secondary N) is 1. The van der Waals surface area contributed by atoms with Gasteiger partial charge in [-0.15, -0.1) is 0 Å². The van der Waals surface area contributed by atoms with Crippen LogP contribution in [0.15, 0.2) is 0 Å². The van der Waals surface area contributed by atoms with Crippen LogP contribution in [-0.2, 0) is 0 Å². The van der Waals surface area contributed by atoms with Gasteiger partial charge >= 0.3 is 0 Å². The summed E-state index contributed by atoms with van der Waals surface area (Å²) in [7, 11) is 0. The van der Waals surface area contributed by atoms with Gasteiger partial charge in [-0.2, -0.15) is 0 Å². The number of hydrogen-bond donors (Lipinski definition) is 2. The second-order valence-corrected chi connectivity index (χ2v) is 4.59. The van der Waals surface area contributed by atoms with Crippen molar-refractivity contribution in [2.24, 2.45) is 5.92 Å². The van der Waals surface area contributed by atoms with Crippen molar-refractivity contribution >= 4 is 0 Å². The number of rotatable bonds is 4. The molecule has 0 heterocycles. The molecule has 1 saturated carbocycles. The van der Waals surface area contributed by atoms with Gasteiger partial charge in [-0.3, -0.25) is 0 Å². The van der Waals surface area contributed by atoms with Gasteiger partial charge in [0, 0.05) is 6.54 Å². The van der Waals surface area contributed by atoms with Gasteiger partial charge in [-0.25, -0.2) is 0 Å². The summed E-state index contributed by atoms with van der Waals surface area (Å²) in [5.41, 5.74) is -0.557. The van der Waals surface area contributed by atoms with Crippen molar-refractivity contribution in [2.75, 3.05) is 13.1 Å². The topological polar surface area (TPSA) is 32.3 Å². The standard InChI is InChI=1S/C10H21NO/c1-10(2,12)8-11-7-9-5-3-4-6-9/h9,11-12H,3-8H2,1-2H3. The molecule has 0 saturated heterocycles. The summed E-state index contributed by atoms with van der Waals surface area (Å²) in [5.74, 6) is 0.868. The summed E-state index contributed by atoms with van der Waals surface area (Å²) >= 11 is 0. The highest BCUT2D eigenvalue weighted by Gasteiger charge is 2.16. The largest absolute Gasteiger partial charge is 0.389 e. The van der Waals surface area contributed by atoms with Crippen molar-refractivity contribution in [1.29, 1.82) is 0 Å². The summed E-state index contributed by atoms with van der Waals surface area (Å²) < 4.78 is 0. The monoisotopic (exact) mass is 171 g/mol. The van der Waals surface area contributed by atoms with Crippen molar-refractivity contribution < 1.29 is 5.11 Å². The van der Waals surface area contributed by atoms with E-state index < -0.39 is 5.60 Å². The lowest BCUT2D eigenvalue weighted by Gasteiger charge is -2.19. The summed E-state index contributed by atoms with van der Waals surface area (Å²) in [4.78, 5) is 0. The third kappa shape index (κ3) is 4.07. The van der Waals surface area contributed by atoms with Crippen LogP contribution in [0.4, 0.5) is 0 Å². The number of aliphatic hydroxyl groups is 1. The second-order valence-electron chi connectivity index (χ2n) is 4.59. The van der Waals surface area contributed by atoms with Gasteiger partial charge in [0.25, 0.3) is 0 Å².